The lowest BCUT2D eigenvalue weighted by atomic mass is 10.1. The number of halogens is 4. The summed E-state index contributed by atoms with van der Waals surface area (Å²) in [6.45, 7) is 3.46. The van der Waals surface area contributed by atoms with Crippen molar-refractivity contribution in [1.29, 1.82) is 0 Å². The molecular formula is C20H12Cl4N2O3. The van der Waals surface area contributed by atoms with Crippen LogP contribution in [0.1, 0.15) is 11.5 Å². The summed E-state index contributed by atoms with van der Waals surface area (Å²) in [5, 5.41) is 9.71. The van der Waals surface area contributed by atoms with Crippen LogP contribution < -0.4 is 4.74 Å². The fourth-order valence-electron chi connectivity index (χ4n) is 2.97. The standard InChI is InChI=1S/C20H12Cl4N2O3/c1-9-15(17-11(21)5-3-6-12(17)22)19(25-28-9)27-20-16(10(2)29-26-20)18-13(23)7-4-8-14(18)24/h3-8H,1-2H3. The Hall–Kier alpha value is -2.18. The van der Waals surface area contributed by atoms with E-state index in [1.807, 2.05) is 0 Å². The second-order valence-corrected chi connectivity index (χ2v) is 7.76. The fourth-order valence-corrected chi connectivity index (χ4v) is 4.15. The molecule has 0 atom stereocenters. The van der Waals surface area contributed by atoms with Crippen molar-refractivity contribution in [2.24, 2.45) is 0 Å². The van der Waals surface area contributed by atoms with E-state index in [4.69, 9.17) is 60.2 Å². The van der Waals surface area contributed by atoms with Crippen molar-refractivity contribution in [2.45, 2.75) is 13.8 Å². The van der Waals surface area contributed by atoms with Crippen molar-refractivity contribution < 1.29 is 13.8 Å². The van der Waals surface area contributed by atoms with Crippen molar-refractivity contribution in [3.63, 3.8) is 0 Å². The summed E-state index contributed by atoms with van der Waals surface area (Å²) >= 11 is 25.4. The maximum Gasteiger partial charge on any atom is 0.269 e. The van der Waals surface area contributed by atoms with E-state index in [-0.39, 0.29) is 11.8 Å². The van der Waals surface area contributed by atoms with Gasteiger partial charge in [-0.1, -0.05) is 58.5 Å². The summed E-state index contributed by atoms with van der Waals surface area (Å²) in [5.74, 6) is 1.23. The minimum absolute atomic E-state index is 0.134. The molecule has 0 bridgehead atoms. The van der Waals surface area contributed by atoms with Gasteiger partial charge in [-0.3, -0.25) is 0 Å². The molecule has 5 nitrogen and oxygen atoms in total. The van der Waals surface area contributed by atoms with E-state index in [0.717, 1.165) is 0 Å². The molecule has 0 aliphatic heterocycles. The quantitative estimate of drug-likeness (QED) is 0.302. The van der Waals surface area contributed by atoms with E-state index in [1.54, 1.807) is 50.2 Å². The SMILES string of the molecule is Cc1onc(Oc2noc(C)c2-c2c(Cl)cccc2Cl)c1-c1c(Cl)cccc1Cl. The molecule has 0 saturated heterocycles. The molecule has 0 fully saturated rings. The summed E-state index contributed by atoms with van der Waals surface area (Å²) in [6.07, 6.45) is 0. The third kappa shape index (κ3) is 3.60. The molecule has 4 rings (SSSR count). The highest BCUT2D eigenvalue weighted by molar-refractivity contribution is 6.40. The molecule has 0 aliphatic rings. The molecule has 0 amide bonds. The molecule has 29 heavy (non-hydrogen) atoms. The van der Waals surface area contributed by atoms with Crippen LogP contribution in [-0.2, 0) is 0 Å². The number of hydrogen-bond donors (Lipinski definition) is 0. The zero-order valence-electron chi connectivity index (χ0n) is 15.1. The number of ether oxygens (including phenoxy) is 1. The number of benzene rings is 2. The molecule has 2 heterocycles. The second kappa shape index (κ2) is 7.92. The van der Waals surface area contributed by atoms with Crippen LogP contribution in [0.2, 0.25) is 20.1 Å². The Balaban J connectivity index is 1.85. The van der Waals surface area contributed by atoms with Crippen LogP contribution >= 0.6 is 46.4 Å². The zero-order chi connectivity index (χ0) is 20.7. The van der Waals surface area contributed by atoms with Gasteiger partial charge in [-0.15, -0.1) is 0 Å². The predicted molar refractivity (Wildman–Crippen MR) is 113 cm³/mol. The van der Waals surface area contributed by atoms with Gasteiger partial charge >= 0.3 is 0 Å². The van der Waals surface area contributed by atoms with Crippen molar-refractivity contribution in [3.8, 4) is 34.0 Å². The Bertz CT molecular complexity index is 1080. The molecular weight excluding hydrogens is 458 g/mol. The Kier molecular flexibility index (Phi) is 5.49. The smallest absolute Gasteiger partial charge is 0.269 e. The molecule has 0 saturated carbocycles. The van der Waals surface area contributed by atoms with Crippen molar-refractivity contribution in [3.05, 3.63) is 68.0 Å². The number of rotatable bonds is 4. The lowest BCUT2D eigenvalue weighted by Gasteiger charge is -2.09. The van der Waals surface area contributed by atoms with Crippen LogP contribution in [-0.4, -0.2) is 10.3 Å². The van der Waals surface area contributed by atoms with Gasteiger partial charge in [0.2, 0.25) is 0 Å². The van der Waals surface area contributed by atoms with Crippen molar-refractivity contribution in [1.82, 2.24) is 10.3 Å². The van der Waals surface area contributed by atoms with E-state index >= 15 is 0 Å². The van der Waals surface area contributed by atoms with Gasteiger partial charge in [-0.25, -0.2) is 0 Å². The fraction of sp³-hybridized carbons (Fsp3) is 0.100. The molecule has 2 aromatic carbocycles. The van der Waals surface area contributed by atoms with Gasteiger partial charge in [-0.2, -0.15) is 0 Å². The molecule has 148 valence electrons. The van der Waals surface area contributed by atoms with Crippen LogP contribution in [0.3, 0.4) is 0 Å². The lowest BCUT2D eigenvalue weighted by molar-refractivity contribution is 0.325. The molecule has 2 aromatic heterocycles. The first kappa shape index (κ1) is 20.1. The zero-order valence-corrected chi connectivity index (χ0v) is 18.1. The number of hydrogen-bond acceptors (Lipinski definition) is 5. The third-order valence-electron chi connectivity index (χ3n) is 4.28. The van der Waals surface area contributed by atoms with Gasteiger partial charge in [-0.05, 0) is 48.4 Å². The largest absolute Gasteiger partial charge is 0.413 e. The maximum atomic E-state index is 6.36. The second-order valence-electron chi connectivity index (χ2n) is 6.13. The average Bonchev–Trinajstić information content (AvgIpc) is 3.20. The van der Waals surface area contributed by atoms with Crippen LogP contribution in [0, 0.1) is 13.8 Å². The monoisotopic (exact) mass is 468 g/mol. The molecule has 9 heteroatoms. The van der Waals surface area contributed by atoms with E-state index in [9.17, 15) is 0 Å². The summed E-state index contributed by atoms with van der Waals surface area (Å²) in [5.41, 5.74) is 2.11. The maximum absolute atomic E-state index is 6.36. The van der Waals surface area contributed by atoms with Crippen molar-refractivity contribution >= 4 is 46.4 Å². The van der Waals surface area contributed by atoms with E-state index in [2.05, 4.69) is 10.3 Å². The molecule has 0 radical (unpaired) electrons. The third-order valence-corrected chi connectivity index (χ3v) is 5.54. The Morgan fingerprint density at radius 3 is 1.31 bits per heavy atom. The van der Waals surface area contributed by atoms with Crippen LogP contribution in [0.25, 0.3) is 22.3 Å². The minimum atomic E-state index is 0.134. The summed E-state index contributed by atoms with van der Waals surface area (Å²) in [4.78, 5) is 0. The van der Waals surface area contributed by atoms with Gasteiger partial charge in [0, 0.05) is 11.1 Å². The van der Waals surface area contributed by atoms with Gasteiger partial charge in [0.25, 0.3) is 11.8 Å². The van der Waals surface area contributed by atoms with Gasteiger partial charge < -0.3 is 13.8 Å². The average molecular weight is 470 g/mol. The highest BCUT2D eigenvalue weighted by Crippen LogP contribution is 2.46. The highest BCUT2D eigenvalue weighted by Gasteiger charge is 2.26. The van der Waals surface area contributed by atoms with Crippen LogP contribution in [0.4, 0.5) is 0 Å². The van der Waals surface area contributed by atoms with Crippen LogP contribution in [0.15, 0.2) is 45.4 Å². The Labute approximate surface area is 186 Å². The normalized spacial score (nSPS) is 11.1. The van der Waals surface area contributed by atoms with E-state index in [0.29, 0.717) is 53.9 Å². The van der Waals surface area contributed by atoms with Crippen LogP contribution in [0.5, 0.6) is 11.8 Å². The minimum Gasteiger partial charge on any atom is -0.413 e. The van der Waals surface area contributed by atoms with E-state index in [1.165, 1.54) is 0 Å². The van der Waals surface area contributed by atoms with Gasteiger partial charge in [0.1, 0.15) is 11.5 Å². The number of aryl methyl sites for hydroxylation is 2. The predicted octanol–water partition coefficient (Wildman–Crippen LogP) is 8.02. The molecule has 0 aliphatic carbocycles. The van der Waals surface area contributed by atoms with Gasteiger partial charge in [0.15, 0.2) is 0 Å². The molecule has 4 aromatic rings. The van der Waals surface area contributed by atoms with Gasteiger partial charge in [0.05, 0.1) is 31.2 Å². The summed E-state index contributed by atoms with van der Waals surface area (Å²) < 4.78 is 16.6. The Morgan fingerprint density at radius 1 is 0.621 bits per heavy atom. The summed E-state index contributed by atoms with van der Waals surface area (Å²) in [6, 6.07) is 10.4. The summed E-state index contributed by atoms with van der Waals surface area (Å²) in [7, 11) is 0. The topological polar surface area (TPSA) is 61.3 Å². The van der Waals surface area contributed by atoms with Crippen molar-refractivity contribution in [2.75, 3.05) is 0 Å². The highest BCUT2D eigenvalue weighted by atomic mass is 35.5. The first-order chi connectivity index (χ1) is 13.9. The lowest BCUT2D eigenvalue weighted by Crippen LogP contribution is -1.92. The number of aromatic nitrogens is 2. The molecule has 0 unspecified atom stereocenters. The first-order valence-electron chi connectivity index (χ1n) is 8.37. The number of nitrogens with zero attached hydrogens (tertiary/aromatic N) is 2. The van der Waals surface area contributed by atoms with E-state index < -0.39 is 0 Å². The molecule has 0 spiro atoms. The molecule has 0 N–H and O–H groups in total. The first-order valence-corrected chi connectivity index (χ1v) is 9.88. The Morgan fingerprint density at radius 2 is 0.966 bits per heavy atom.